The van der Waals surface area contributed by atoms with Gasteiger partial charge in [0.25, 0.3) is 5.91 Å². The molecule has 1 unspecified atom stereocenters. The first-order valence-corrected chi connectivity index (χ1v) is 11.7. The third-order valence-electron chi connectivity index (χ3n) is 4.94. The zero-order valence-electron chi connectivity index (χ0n) is 19.8. The number of imide groups is 1. The fourth-order valence-electron chi connectivity index (χ4n) is 3.37. The van der Waals surface area contributed by atoms with Crippen molar-refractivity contribution in [2.75, 3.05) is 18.6 Å². The van der Waals surface area contributed by atoms with Gasteiger partial charge in [0, 0.05) is 6.54 Å². The van der Waals surface area contributed by atoms with Crippen molar-refractivity contribution in [2.24, 2.45) is 4.99 Å². The maximum absolute atomic E-state index is 13.4. The highest BCUT2D eigenvalue weighted by Gasteiger charge is 2.34. The van der Waals surface area contributed by atoms with Crippen LogP contribution in [-0.2, 0) is 9.59 Å². The normalized spacial score (nSPS) is 15.2. The van der Waals surface area contributed by atoms with E-state index in [0.717, 1.165) is 28.5 Å². The minimum Gasteiger partial charge on any atom is -0.497 e. The Hall–Kier alpha value is -3.59. The van der Waals surface area contributed by atoms with Gasteiger partial charge in [-0.3, -0.25) is 19.8 Å². The Kier molecular flexibility index (Phi) is 8.12. The van der Waals surface area contributed by atoms with E-state index in [1.54, 1.807) is 39.2 Å². The molecule has 9 heteroatoms. The molecule has 2 aromatic carbocycles. The number of nitrogens with one attached hydrogen (secondary N) is 2. The molecule has 4 amide bonds. The first kappa shape index (κ1) is 25.0. The molecule has 1 heterocycles. The molecule has 0 spiro atoms. The van der Waals surface area contributed by atoms with E-state index in [4.69, 9.17) is 4.74 Å². The van der Waals surface area contributed by atoms with E-state index in [1.165, 1.54) is 4.90 Å². The molecule has 0 aliphatic carbocycles. The number of hydrogen-bond donors (Lipinski definition) is 2. The van der Waals surface area contributed by atoms with Crippen LogP contribution in [0.1, 0.15) is 30.5 Å². The molecule has 1 aliphatic rings. The number of amidine groups is 1. The Morgan fingerprint density at radius 1 is 1.15 bits per heavy atom. The van der Waals surface area contributed by atoms with E-state index in [2.05, 4.69) is 15.6 Å². The van der Waals surface area contributed by atoms with Crippen molar-refractivity contribution in [1.29, 1.82) is 0 Å². The summed E-state index contributed by atoms with van der Waals surface area (Å²) < 4.78 is 5.19. The molecular formula is C25H28N4O4S. The number of rotatable bonds is 6. The van der Waals surface area contributed by atoms with Crippen molar-refractivity contribution in [3.05, 3.63) is 64.9 Å². The summed E-state index contributed by atoms with van der Waals surface area (Å²) in [4.78, 5) is 43.7. The lowest BCUT2D eigenvalue weighted by Crippen LogP contribution is -2.43. The van der Waals surface area contributed by atoms with Crippen LogP contribution < -0.4 is 20.3 Å². The summed E-state index contributed by atoms with van der Waals surface area (Å²) in [6, 6.07) is 12.5. The average Bonchev–Trinajstić information content (AvgIpc) is 3.08. The van der Waals surface area contributed by atoms with Gasteiger partial charge in [0.05, 0.1) is 18.0 Å². The maximum Gasteiger partial charge on any atom is 0.321 e. The number of urea groups is 1. The van der Waals surface area contributed by atoms with Gasteiger partial charge in [-0.2, -0.15) is 0 Å². The number of aliphatic imine (C=N–C) groups is 1. The van der Waals surface area contributed by atoms with Gasteiger partial charge in [0.2, 0.25) is 5.91 Å². The van der Waals surface area contributed by atoms with E-state index in [-0.39, 0.29) is 11.6 Å². The minimum absolute atomic E-state index is 0.253. The van der Waals surface area contributed by atoms with E-state index >= 15 is 0 Å². The van der Waals surface area contributed by atoms with Crippen LogP contribution in [0.2, 0.25) is 0 Å². The molecule has 1 aliphatic heterocycles. The number of ether oxygens (including phenoxy) is 1. The summed E-state index contributed by atoms with van der Waals surface area (Å²) in [6.07, 6.45) is 1.70. The van der Waals surface area contributed by atoms with Crippen LogP contribution in [-0.4, -0.2) is 41.9 Å². The second-order valence-corrected chi connectivity index (χ2v) is 9.10. The molecule has 0 saturated heterocycles. The quantitative estimate of drug-likeness (QED) is 0.608. The van der Waals surface area contributed by atoms with Crippen molar-refractivity contribution in [1.82, 2.24) is 10.6 Å². The van der Waals surface area contributed by atoms with Crippen LogP contribution >= 0.6 is 11.8 Å². The average molecular weight is 481 g/mol. The molecule has 0 fully saturated rings. The number of anilines is 1. The third-order valence-corrected chi connectivity index (χ3v) is 5.99. The lowest BCUT2D eigenvalue weighted by atomic mass is 10.1. The number of nitrogens with zero attached hydrogens (tertiary/aromatic N) is 2. The SMILES string of the molecule is CCNC(=O)NC(=O)C(C)SC1=N/C(=C\c2ccc(OC)cc2)C(=O)N1c1cc(C)cc(C)c1. The molecule has 0 bridgehead atoms. The highest BCUT2D eigenvalue weighted by molar-refractivity contribution is 8.15. The molecule has 0 radical (unpaired) electrons. The Morgan fingerprint density at radius 3 is 2.38 bits per heavy atom. The standard InChI is InChI=1S/C25H28N4O4S/c1-6-26-24(32)28-22(30)17(4)34-25-27-21(14-18-7-9-20(33-5)10-8-18)23(31)29(25)19-12-15(2)11-16(3)13-19/h7-14,17H,6H2,1-5H3,(H2,26,28,30,32)/b21-14-. The highest BCUT2D eigenvalue weighted by atomic mass is 32.2. The molecule has 1 atom stereocenters. The largest absolute Gasteiger partial charge is 0.497 e. The van der Waals surface area contributed by atoms with Gasteiger partial charge >= 0.3 is 6.03 Å². The first-order chi connectivity index (χ1) is 16.2. The van der Waals surface area contributed by atoms with Crippen LogP contribution in [0.5, 0.6) is 5.75 Å². The lowest BCUT2D eigenvalue weighted by molar-refractivity contribution is -0.119. The molecule has 2 N–H and O–H groups in total. The van der Waals surface area contributed by atoms with Crippen LogP contribution in [0, 0.1) is 13.8 Å². The Balaban J connectivity index is 1.93. The van der Waals surface area contributed by atoms with E-state index in [1.807, 2.05) is 44.2 Å². The van der Waals surface area contributed by atoms with Crippen LogP contribution in [0.3, 0.4) is 0 Å². The monoisotopic (exact) mass is 480 g/mol. The number of methoxy groups -OCH3 is 1. The minimum atomic E-state index is -0.664. The van der Waals surface area contributed by atoms with E-state index in [0.29, 0.717) is 23.1 Å². The Labute approximate surface area is 203 Å². The van der Waals surface area contributed by atoms with Gasteiger partial charge in [-0.25, -0.2) is 9.79 Å². The van der Waals surface area contributed by atoms with Gasteiger partial charge < -0.3 is 10.1 Å². The number of carbonyl (C=O) groups is 3. The van der Waals surface area contributed by atoms with Crippen LogP contribution in [0.4, 0.5) is 10.5 Å². The van der Waals surface area contributed by atoms with Crippen LogP contribution in [0.15, 0.2) is 53.2 Å². The summed E-state index contributed by atoms with van der Waals surface area (Å²) in [5.74, 6) is -0.0536. The number of benzene rings is 2. The van der Waals surface area contributed by atoms with Crippen molar-refractivity contribution in [3.8, 4) is 5.75 Å². The number of thioether (sulfide) groups is 1. The molecule has 34 heavy (non-hydrogen) atoms. The lowest BCUT2D eigenvalue weighted by Gasteiger charge is -2.21. The molecule has 8 nitrogen and oxygen atoms in total. The van der Waals surface area contributed by atoms with Crippen molar-refractivity contribution >= 4 is 46.5 Å². The number of carbonyl (C=O) groups excluding carboxylic acids is 3. The van der Waals surface area contributed by atoms with Crippen molar-refractivity contribution in [2.45, 2.75) is 32.9 Å². The predicted octanol–water partition coefficient (Wildman–Crippen LogP) is 4.02. The van der Waals surface area contributed by atoms with Gasteiger partial charge in [-0.1, -0.05) is 30.0 Å². The van der Waals surface area contributed by atoms with Crippen molar-refractivity contribution < 1.29 is 19.1 Å². The summed E-state index contributed by atoms with van der Waals surface area (Å²) in [5, 5.41) is 4.54. The second kappa shape index (κ2) is 11.0. The smallest absolute Gasteiger partial charge is 0.321 e. The first-order valence-electron chi connectivity index (χ1n) is 10.8. The van der Waals surface area contributed by atoms with E-state index in [9.17, 15) is 14.4 Å². The maximum atomic E-state index is 13.4. The van der Waals surface area contributed by atoms with Crippen LogP contribution in [0.25, 0.3) is 6.08 Å². The molecule has 0 saturated carbocycles. The van der Waals surface area contributed by atoms with E-state index < -0.39 is 17.2 Å². The fraction of sp³-hybridized carbons (Fsp3) is 0.280. The van der Waals surface area contributed by atoms with Crippen molar-refractivity contribution in [3.63, 3.8) is 0 Å². The Bertz CT molecular complexity index is 1140. The summed E-state index contributed by atoms with van der Waals surface area (Å²) in [5.41, 5.74) is 3.72. The number of amides is 4. The Morgan fingerprint density at radius 2 is 1.79 bits per heavy atom. The van der Waals surface area contributed by atoms with Gasteiger partial charge in [-0.15, -0.1) is 0 Å². The molecule has 2 aromatic rings. The number of hydrogen-bond acceptors (Lipinski definition) is 6. The summed E-state index contributed by atoms with van der Waals surface area (Å²) >= 11 is 1.12. The van der Waals surface area contributed by atoms with Gasteiger partial charge in [0.1, 0.15) is 11.4 Å². The molecule has 178 valence electrons. The highest BCUT2D eigenvalue weighted by Crippen LogP contribution is 2.32. The molecule has 0 aromatic heterocycles. The second-order valence-electron chi connectivity index (χ2n) is 7.79. The fourth-order valence-corrected chi connectivity index (χ4v) is 4.30. The molecular weight excluding hydrogens is 452 g/mol. The third kappa shape index (κ3) is 6.05. The zero-order chi connectivity index (χ0) is 24.8. The zero-order valence-corrected chi connectivity index (χ0v) is 20.7. The summed E-state index contributed by atoms with van der Waals surface area (Å²) in [7, 11) is 1.59. The number of aryl methyl sites for hydroxylation is 2. The summed E-state index contributed by atoms with van der Waals surface area (Å²) in [6.45, 7) is 7.74. The molecule has 3 rings (SSSR count). The van der Waals surface area contributed by atoms with Gasteiger partial charge in [0.15, 0.2) is 5.17 Å². The predicted molar refractivity (Wildman–Crippen MR) is 136 cm³/mol. The van der Waals surface area contributed by atoms with Gasteiger partial charge in [-0.05, 0) is 74.7 Å². The topological polar surface area (TPSA) is 100 Å².